The van der Waals surface area contributed by atoms with Gasteiger partial charge >= 0.3 is 12.1 Å². The average molecular weight is 349 g/mol. The number of rotatable bonds is 7. The Morgan fingerprint density at radius 1 is 1.29 bits per heavy atom. The molecule has 0 bridgehead atoms. The molecule has 0 fully saturated rings. The Morgan fingerprint density at radius 2 is 1.88 bits per heavy atom. The fraction of sp³-hybridized carbons (Fsp3) is 0.667. The van der Waals surface area contributed by atoms with Gasteiger partial charge in [0, 0.05) is 24.2 Å². The van der Waals surface area contributed by atoms with Gasteiger partial charge in [0.2, 0.25) is 5.91 Å². The molecule has 0 aromatic carbocycles. The van der Waals surface area contributed by atoms with Crippen LogP contribution in [0.25, 0.3) is 0 Å². The molecule has 1 aromatic heterocycles. The Labute approximate surface area is 138 Å². The number of hydrogen-bond acceptors (Lipinski definition) is 3. The van der Waals surface area contributed by atoms with E-state index in [0.717, 1.165) is 4.68 Å². The van der Waals surface area contributed by atoms with Crippen LogP contribution in [0.1, 0.15) is 43.1 Å². The van der Waals surface area contributed by atoms with Crippen molar-refractivity contribution in [2.24, 2.45) is 5.92 Å². The predicted molar refractivity (Wildman–Crippen MR) is 80.6 cm³/mol. The van der Waals surface area contributed by atoms with E-state index in [4.69, 9.17) is 5.11 Å². The van der Waals surface area contributed by atoms with Gasteiger partial charge in [-0.2, -0.15) is 18.3 Å². The molecule has 1 rings (SSSR count). The highest BCUT2D eigenvalue weighted by Gasteiger charge is 2.31. The van der Waals surface area contributed by atoms with Crippen molar-refractivity contribution in [3.63, 3.8) is 0 Å². The van der Waals surface area contributed by atoms with Crippen LogP contribution in [0.15, 0.2) is 0 Å². The van der Waals surface area contributed by atoms with Gasteiger partial charge in [-0.1, -0.05) is 6.92 Å². The maximum atomic E-state index is 12.5. The first-order valence-corrected chi connectivity index (χ1v) is 7.52. The number of carboxylic acid groups (broad SMARTS) is 1. The number of aliphatic carboxylic acids is 1. The molecule has 2 atom stereocenters. The van der Waals surface area contributed by atoms with Gasteiger partial charge < -0.3 is 10.4 Å². The van der Waals surface area contributed by atoms with Gasteiger partial charge in [-0.3, -0.25) is 14.3 Å². The Morgan fingerprint density at radius 3 is 2.38 bits per heavy atom. The molecule has 0 saturated carbocycles. The molecule has 2 unspecified atom stereocenters. The maximum absolute atomic E-state index is 12.5. The molecular formula is C15H22F3N3O3. The molecular weight excluding hydrogens is 327 g/mol. The number of nitrogens with one attached hydrogen (secondary N) is 1. The number of carboxylic acids is 1. The Kier molecular flexibility index (Phi) is 6.39. The van der Waals surface area contributed by atoms with Crippen molar-refractivity contribution in [1.29, 1.82) is 0 Å². The van der Waals surface area contributed by atoms with Gasteiger partial charge in [0.1, 0.15) is 6.54 Å². The molecule has 0 aliphatic rings. The number of amides is 1. The third-order valence-corrected chi connectivity index (χ3v) is 3.74. The normalized spacial score (nSPS) is 14.3. The zero-order valence-electron chi connectivity index (χ0n) is 14.1. The van der Waals surface area contributed by atoms with Crippen molar-refractivity contribution in [2.75, 3.05) is 6.54 Å². The van der Waals surface area contributed by atoms with E-state index in [2.05, 4.69) is 10.4 Å². The van der Waals surface area contributed by atoms with Gasteiger partial charge in [0.25, 0.3) is 0 Å². The van der Waals surface area contributed by atoms with Gasteiger partial charge in [0.05, 0.1) is 11.6 Å². The second-order valence-corrected chi connectivity index (χ2v) is 6.03. The summed E-state index contributed by atoms with van der Waals surface area (Å²) in [5.41, 5.74) is 1.13. The molecule has 0 aliphatic carbocycles. The summed E-state index contributed by atoms with van der Waals surface area (Å²) >= 11 is 0. The quantitative estimate of drug-likeness (QED) is 0.792. The number of halogens is 3. The van der Waals surface area contributed by atoms with Crippen LogP contribution in [-0.2, 0) is 16.1 Å². The second kappa shape index (κ2) is 7.67. The van der Waals surface area contributed by atoms with Crippen LogP contribution in [0.5, 0.6) is 0 Å². The van der Waals surface area contributed by atoms with Gasteiger partial charge in [-0.05, 0) is 26.7 Å². The van der Waals surface area contributed by atoms with E-state index in [9.17, 15) is 22.8 Å². The van der Waals surface area contributed by atoms with E-state index in [-0.39, 0.29) is 24.8 Å². The highest BCUT2D eigenvalue weighted by atomic mass is 19.4. The summed E-state index contributed by atoms with van der Waals surface area (Å²) in [6.07, 6.45) is -4.46. The Hall–Kier alpha value is -2.06. The van der Waals surface area contributed by atoms with Crippen LogP contribution in [0.3, 0.4) is 0 Å². The van der Waals surface area contributed by atoms with Gasteiger partial charge in [-0.25, -0.2) is 0 Å². The summed E-state index contributed by atoms with van der Waals surface area (Å²) in [6.45, 7) is 5.32. The van der Waals surface area contributed by atoms with Crippen LogP contribution in [-0.4, -0.2) is 39.5 Å². The highest BCUT2D eigenvalue weighted by molar-refractivity contribution is 5.83. The number of carbonyl (C=O) groups is 2. The number of aryl methyl sites for hydroxylation is 1. The van der Waals surface area contributed by atoms with E-state index in [1.807, 2.05) is 0 Å². The molecule has 2 N–H and O–H groups in total. The van der Waals surface area contributed by atoms with Crippen LogP contribution < -0.4 is 5.32 Å². The molecule has 24 heavy (non-hydrogen) atoms. The lowest BCUT2D eigenvalue weighted by Crippen LogP contribution is -2.32. The van der Waals surface area contributed by atoms with Crippen LogP contribution in [0.4, 0.5) is 13.2 Å². The smallest absolute Gasteiger partial charge is 0.408 e. The minimum atomic E-state index is -4.39. The molecule has 1 amide bonds. The number of aromatic nitrogens is 2. The first-order valence-electron chi connectivity index (χ1n) is 7.52. The SMILES string of the molecule is Cc1nn(CC(F)(F)F)c(C)c1C(C)C(=O)NCC(C)CC(=O)O. The number of nitrogens with zero attached hydrogens (tertiary/aromatic N) is 2. The summed E-state index contributed by atoms with van der Waals surface area (Å²) in [7, 11) is 0. The van der Waals surface area contributed by atoms with E-state index in [1.54, 1.807) is 20.8 Å². The minimum Gasteiger partial charge on any atom is -0.481 e. The zero-order chi connectivity index (χ0) is 18.7. The van der Waals surface area contributed by atoms with Crippen molar-refractivity contribution in [2.45, 2.75) is 52.8 Å². The van der Waals surface area contributed by atoms with E-state index >= 15 is 0 Å². The molecule has 6 nitrogen and oxygen atoms in total. The molecule has 1 heterocycles. The third kappa shape index (κ3) is 5.54. The summed E-state index contributed by atoms with van der Waals surface area (Å²) in [5, 5.41) is 15.2. The molecule has 0 saturated heterocycles. The predicted octanol–water partition coefficient (Wildman–Crippen LogP) is 2.39. The maximum Gasteiger partial charge on any atom is 0.408 e. The highest BCUT2D eigenvalue weighted by Crippen LogP contribution is 2.26. The molecule has 0 radical (unpaired) electrons. The fourth-order valence-electron chi connectivity index (χ4n) is 2.59. The molecule has 0 spiro atoms. The van der Waals surface area contributed by atoms with Crippen LogP contribution >= 0.6 is 0 Å². The summed E-state index contributed by atoms with van der Waals surface area (Å²) in [6, 6.07) is 0. The molecule has 1 aromatic rings. The summed E-state index contributed by atoms with van der Waals surface area (Å²) < 4.78 is 38.5. The molecule has 0 aliphatic heterocycles. The Balaban J connectivity index is 2.82. The molecule has 136 valence electrons. The fourth-order valence-corrected chi connectivity index (χ4v) is 2.59. The largest absolute Gasteiger partial charge is 0.481 e. The van der Waals surface area contributed by atoms with Crippen molar-refractivity contribution >= 4 is 11.9 Å². The number of carbonyl (C=O) groups excluding carboxylic acids is 1. The van der Waals surface area contributed by atoms with Crippen LogP contribution in [0.2, 0.25) is 0 Å². The third-order valence-electron chi connectivity index (χ3n) is 3.74. The van der Waals surface area contributed by atoms with Crippen molar-refractivity contribution < 1.29 is 27.9 Å². The Bertz CT molecular complexity index is 611. The second-order valence-electron chi connectivity index (χ2n) is 6.03. The first-order chi connectivity index (χ1) is 10.9. The summed E-state index contributed by atoms with van der Waals surface area (Å²) in [5.74, 6) is -2.24. The summed E-state index contributed by atoms with van der Waals surface area (Å²) in [4.78, 5) is 22.8. The van der Waals surface area contributed by atoms with E-state index in [0.29, 0.717) is 17.0 Å². The lowest BCUT2D eigenvalue weighted by Gasteiger charge is -2.16. The minimum absolute atomic E-state index is 0.0732. The van der Waals surface area contributed by atoms with E-state index < -0.39 is 24.6 Å². The lowest BCUT2D eigenvalue weighted by atomic mass is 9.98. The van der Waals surface area contributed by atoms with Crippen LogP contribution in [0, 0.1) is 19.8 Å². The average Bonchev–Trinajstić information content (AvgIpc) is 2.67. The van der Waals surface area contributed by atoms with Crippen molar-refractivity contribution in [1.82, 2.24) is 15.1 Å². The monoisotopic (exact) mass is 349 g/mol. The standard InChI is InChI=1S/C15H22F3N3O3/c1-8(5-12(22)23)6-19-14(24)9(2)13-10(3)20-21(11(13)4)7-15(16,17)18/h8-9H,5-7H2,1-4H3,(H,19,24)(H,22,23). The first kappa shape index (κ1) is 20.0. The topological polar surface area (TPSA) is 84.2 Å². The van der Waals surface area contributed by atoms with Gasteiger partial charge in [0.15, 0.2) is 0 Å². The lowest BCUT2D eigenvalue weighted by molar-refractivity contribution is -0.143. The number of alkyl halides is 3. The van der Waals surface area contributed by atoms with Crippen molar-refractivity contribution in [3.8, 4) is 0 Å². The zero-order valence-corrected chi connectivity index (χ0v) is 14.1. The van der Waals surface area contributed by atoms with Crippen molar-refractivity contribution in [3.05, 3.63) is 17.0 Å². The van der Waals surface area contributed by atoms with E-state index in [1.165, 1.54) is 6.92 Å². The molecule has 9 heteroatoms. The van der Waals surface area contributed by atoms with Gasteiger partial charge in [-0.15, -0.1) is 0 Å². The number of hydrogen-bond donors (Lipinski definition) is 2.